The van der Waals surface area contributed by atoms with Crippen molar-refractivity contribution in [3.05, 3.63) is 66.3 Å². The number of pyridine rings is 1. The molecule has 29 heavy (non-hydrogen) atoms. The number of hydrogen-bond acceptors (Lipinski definition) is 6. The van der Waals surface area contributed by atoms with Gasteiger partial charge in [0.1, 0.15) is 6.17 Å². The summed E-state index contributed by atoms with van der Waals surface area (Å²) in [5.74, 6) is 1.40. The lowest BCUT2D eigenvalue weighted by Crippen LogP contribution is -2.42. The highest BCUT2D eigenvalue weighted by Crippen LogP contribution is 2.27. The van der Waals surface area contributed by atoms with Crippen LogP contribution in [0.25, 0.3) is 22.6 Å². The Morgan fingerprint density at radius 2 is 2.00 bits per heavy atom. The fourth-order valence-electron chi connectivity index (χ4n) is 3.40. The van der Waals surface area contributed by atoms with Gasteiger partial charge in [-0.2, -0.15) is 0 Å². The minimum absolute atomic E-state index is 0.0811. The van der Waals surface area contributed by atoms with Gasteiger partial charge in [0, 0.05) is 41.3 Å². The Hall–Kier alpha value is -3.23. The first-order valence-corrected chi connectivity index (χ1v) is 9.62. The van der Waals surface area contributed by atoms with Crippen molar-refractivity contribution in [2.24, 2.45) is 0 Å². The maximum Gasteiger partial charge on any atom is 0.226 e. The molecule has 0 spiro atoms. The zero-order valence-corrected chi connectivity index (χ0v) is 16.2. The quantitative estimate of drug-likeness (QED) is 0.558. The summed E-state index contributed by atoms with van der Waals surface area (Å²) in [5.41, 5.74) is 2.77. The van der Waals surface area contributed by atoms with Gasteiger partial charge in [-0.1, -0.05) is 23.7 Å². The highest BCUT2D eigenvalue weighted by Gasteiger charge is 2.27. The van der Waals surface area contributed by atoms with Gasteiger partial charge in [0.25, 0.3) is 0 Å². The predicted molar refractivity (Wildman–Crippen MR) is 109 cm³/mol. The molecule has 3 aromatic heterocycles. The predicted octanol–water partition coefficient (Wildman–Crippen LogP) is 3.42. The molecule has 1 aliphatic heterocycles. The van der Waals surface area contributed by atoms with E-state index in [9.17, 15) is 0 Å². The van der Waals surface area contributed by atoms with Crippen molar-refractivity contribution in [3.63, 3.8) is 0 Å². The molecule has 1 atom stereocenters. The highest BCUT2D eigenvalue weighted by atomic mass is 35.5. The van der Waals surface area contributed by atoms with E-state index in [-0.39, 0.29) is 6.17 Å². The van der Waals surface area contributed by atoms with Gasteiger partial charge in [0.15, 0.2) is 5.82 Å². The molecule has 5 rings (SSSR count). The van der Waals surface area contributed by atoms with E-state index in [0.29, 0.717) is 36.6 Å². The molecule has 1 unspecified atom stereocenters. The molecular formula is C20H18ClN7O. The van der Waals surface area contributed by atoms with E-state index in [1.54, 1.807) is 12.4 Å². The Kier molecular flexibility index (Phi) is 4.71. The molecule has 0 aliphatic carbocycles. The Morgan fingerprint density at radius 3 is 2.86 bits per heavy atom. The zero-order valence-electron chi connectivity index (χ0n) is 15.4. The van der Waals surface area contributed by atoms with Gasteiger partial charge in [-0.25, -0.2) is 4.98 Å². The molecule has 1 aromatic carbocycles. The summed E-state index contributed by atoms with van der Waals surface area (Å²) in [6.07, 6.45) is 7.19. The van der Waals surface area contributed by atoms with Crippen molar-refractivity contribution in [1.29, 1.82) is 0 Å². The van der Waals surface area contributed by atoms with Gasteiger partial charge in [0.05, 0.1) is 25.2 Å². The van der Waals surface area contributed by atoms with Crippen molar-refractivity contribution in [3.8, 4) is 22.6 Å². The Morgan fingerprint density at radius 1 is 1.10 bits per heavy atom. The van der Waals surface area contributed by atoms with E-state index in [1.165, 1.54) is 0 Å². The van der Waals surface area contributed by atoms with Crippen LogP contribution in [-0.4, -0.2) is 49.5 Å². The van der Waals surface area contributed by atoms with E-state index in [1.807, 2.05) is 53.5 Å². The smallest absolute Gasteiger partial charge is 0.226 e. The molecule has 146 valence electrons. The molecule has 4 heterocycles. The van der Waals surface area contributed by atoms with Crippen LogP contribution in [0.4, 0.5) is 5.95 Å². The number of morpholine rings is 1. The fourth-order valence-corrected chi connectivity index (χ4v) is 3.59. The van der Waals surface area contributed by atoms with Crippen molar-refractivity contribution in [2.75, 3.05) is 24.7 Å². The fraction of sp³-hybridized carbons (Fsp3) is 0.200. The number of nitrogens with zero attached hydrogens (tertiary/aromatic N) is 6. The molecule has 0 amide bonds. The summed E-state index contributed by atoms with van der Waals surface area (Å²) in [6.45, 7) is 1.84. The summed E-state index contributed by atoms with van der Waals surface area (Å²) in [7, 11) is 0. The van der Waals surface area contributed by atoms with Crippen LogP contribution in [0.2, 0.25) is 5.02 Å². The highest BCUT2D eigenvalue weighted by molar-refractivity contribution is 6.30. The maximum atomic E-state index is 6.12. The number of hydrogen-bond donors (Lipinski definition) is 1. The molecule has 0 radical (unpaired) electrons. The normalized spacial score (nSPS) is 16.9. The largest absolute Gasteiger partial charge is 0.375 e. The number of ether oxygens (including phenoxy) is 1. The van der Waals surface area contributed by atoms with Gasteiger partial charge < -0.3 is 19.2 Å². The lowest BCUT2D eigenvalue weighted by molar-refractivity contribution is 0.0719. The standard InChI is InChI=1S/C20H18ClN7O/c21-16-3-1-2-15(10-16)17-11-27(13-23-17)18-12-29-9-8-28(18)20-24-19(25-26-20)14-4-6-22-7-5-14/h1-7,10-11,13,18H,8-9,12H2,(H,24,25,26). The number of imidazole rings is 1. The Labute approximate surface area is 172 Å². The van der Waals surface area contributed by atoms with E-state index in [2.05, 4.69) is 30.0 Å². The zero-order chi connectivity index (χ0) is 19.6. The lowest BCUT2D eigenvalue weighted by Gasteiger charge is -2.35. The molecule has 1 N–H and O–H groups in total. The minimum Gasteiger partial charge on any atom is -0.375 e. The maximum absolute atomic E-state index is 6.12. The van der Waals surface area contributed by atoms with E-state index < -0.39 is 0 Å². The third-order valence-corrected chi connectivity index (χ3v) is 5.11. The summed E-state index contributed by atoms with van der Waals surface area (Å²) in [5, 5.41) is 9.34. The van der Waals surface area contributed by atoms with E-state index in [4.69, 9.17) is 16.3 Å². The molecular weight excluding hydrogens is 390 g/mol. The first-order chi connectivity index (χ1) is 14.3. The molecule has 1 saturated heterocycles. The topological polar surface area (TPSA) is 84.8 Å². The molecule has 0 saturated carbocycles. The first-order valence-electron chi connectivity index (χ1n) is 9.25. The molecule has 1 aliphatic rings. The Balaban J connectivity index is 1.43. The van der Waals surface area contributed by atoms with Crippen LogP contribution in [0.15, 0.2) is 61.3 Å². The number of rotatable bonds is 4. The van der Waals surface area contributed by atoms with Crippen LogP contribution in [0, 0.1) is 0 Å². The first kappa shape index (κ1) is 17.8. The van der Waals surface area contributed by atoms with E-state index >= 15 is 0 Å². The number of nitrogens with one attached hydrogen (secondary N) is 1. The average molecular weight is 408 g/mol. The third-order valence-electron chi connectivity index (χ3n) is 4.87. The van der Waals surface area contributed by atoms with Crippen LogP contribution in [-0.2, 0) is 4.74 Å². The number of aromatic amines is 1. The van der Waals surface area contributed by atoms with Crippen molar-refractivity contribution >= 4 is 17.5 Å². The minimum atomic E-state index is -0.0811. The second kappa shape index (κ2) is 7.65. The van der Waals surface area contributed by atoms with Crippen LogP contribution in [0.3, 0.4) is 0 Å². The van der Waals surface area contributed by atoms with Crippen molar-refractivity contribution < 1.29 is 4.74 Å². The van der Waals surface area contributed by atoms with Gasteiger partial charge in [-0.3, -0.25) is 4.98 Å². The summed E-state index contributed by atoms with van der Waals surface area (Å²) >= 11 is 6.12. The van der Waals surface area contributed by atoms with Crippen LogP contribution in [0.1, 0.15) is 6.17 Å². The van der Waals surface area contributed by atoms with Crippen LogP contribution >= 0.6 is 11.6 Å². The van der Waals surface area contributed by atoms with E-state index in [0.717, 1.165) is 16.8 Å². The monoisotopic (exact) mass is 407 g/mol. The average Bonchev–Trinajstić information content (AvgIpc) is 3.45. The number of H-pyrrole nitrogens is 1. The summed E-state index contributed by atoms with van der Waals surface area (Å²) < 4.78 is 7.76. The molecule has 8 nitrogen and oxygen atoms in total. The van der Waals surface area contributed by atoms with Crippen molar-refractivity contribution in [1.82, 2.24) is 29.7 Å². The second-order valence-electron chi connectivity index (χ2n) is 6.70. The van der Waals surface area contributed by atoms with Crippen LogP contribution < -0.4 is 4.90 Å². The second-order valence-corrected chi connectivity index (χ2v) is 7.13. The van der Waals surface area contributed by atoms with Crippen molar-refractivity contribution in [2.45, 2.75) is 6.17 Å². The lowest BCUT2D eigenvalue weighted by atomic mass is 10.2. The molecule has 4 aromatic rings. The third kappa shape index (κ3) is 3.59. The molecule has 0 bridgehead atoms. The number of anilines is 1. The molecule has 1 fully saturated rings. The Bertz CT molecular complexity index is 1110. The van der Waals surface area contributed by atoms with Gasteiger partial charge in [-0.15, -0.1) is 10.2 Å². The SMILES string of the molecule is Clc1cccc(-c2cn(C3COCCN3c3nnc(-c4ccncc4)[nH]3)cn2)c1. The molecule has 9 heteroatoms. The number of aromatic nitrogens is 6. The van der Waals surface area contributed by atoms with Crippen LogP contribution in [0.5, 0.6) is 0 Å². The number of halogens is 1. The summed E-state index contributed by atoms with van der Waals surface area (Å²) in [4.78, 5) is 14.1. The van der Waals surface area contributed by atoms with Gasteiger partial charge in [-0.05, 0) is 24.3 Å². The van der Waals surface area contributed by atoms with Gasteiger partial charge in [0.2, 0.25) is 5.95 Å². The summed E-state index contributed by atoms with van der Waals surface area (Å²) in [6, 6.07) is 11.5. The number of benzene rings is 1. The van der Waals surface area contributed by atoms with Gasteiger partial charge >= 0.3 is 0 Å².